The van der Waals surface area contributed by atoms with Gasteiger partial charge in [0, 0.05) is 6.42 Å². The first kappa shape index (κ1) is 12.2. The van der Waals surface area contributed by atoms with Crippen molar-refractivity contribution in [2.75, 3.05) is 14.2 Å². The van der Waals surface area contributed by atoms with Gasteiger partial charge < -0.3 is 14.2 Å². The topological polar surface area (TPSA) is 61.8 Å². The fraction of sp³-hybridized carbons (Fsp3) is 0.429. The average molecular weight is 262 g/mol. The third kappa shape index (κ3) is 1.39. The monoisotopic (exact) mass is 262 g/mol. The van der Waals surface area contributed by atoms with Crippen LogP contribution in [0.1, 0.15) is 29.8 Å². The molecule has 0 radical (unpaired) electrons. The number of ether oxygens (including phenoxy) is 3. The molecule has 2 aliphatic heterocycles. The van der Waals surface area contributed by atoms with E-state index in [4.69, 9.17) is 14.2 Å². The maximum absolute atomic E-state index is 12.1. The van der Waals surface area contributed by atoms with Crippen molar-refractivity contribution in [3.63, 3.8) is 0 Å². The molecule has 2 aliphatic rings. The smallest absolute Gasteiger partial charge is 0.326 e. The molecule has 0 aromatic heterocycles. The van der Waals surface area contributed by atoms with Gasteiger partial charge in [0.1, 0.15) is 6.10 Å². The summed E-state index contributed by atoms with van der Waals surface area (Å²) < 4.78 is 15.4. The van der Waals surface area contributed by atoms with Gasteiger partial charge in [0.05, 0.1) is 20.3 Å². The predicted molar refractivity (Wildman–Crippen MR) is 64.1 cm³/mol. The van der Waals surface area contributed by atoms with Crippen molar-refractivity contribution in [1.82, 2.24) is 0 Å². The molecule has 1 aromatic carbocycles. The summed E-state index contributed by atoms with van der Waals surface area (Å²) in [5.74, 6) is -1.19. The fourth-order valence-electron chi connectivity index (χ4n) is 3.12. The predicted octanol–water partition coefficient (Wildman–Crippen LogP) is 1.54. The molecular weight excluding hydrogens is 248 g/mol. The lowest BCUT2D eigenvalue weighted by molar-refractivity contribution is -0.173. The molecule has 1 aromatic rings. The van der Waals surface area contributed by atoms with E-state index >= 15 is 0 Å². The Labute approximate surface area is 110 Å². The molecule has 1 fully saturated rings. The Morgan fingerprint density at radius 1 is 1.16 bits per heavy atom. The molecule has 3 rings (SSSR count). The van der Waals surface area contributed by atoms with E-state index in [0.717, 1.165) is 11.1 Å². The minimum atomic E-state index is -1.37. The second-order valence-corrected chi connectivity index (χ2v) is 4.79. The Kier molecular flexibility index (Phi) is 2.60. The standard InChI is InChI=1S/C14H14O5/c1-17-12(15)14(13(16)18-2)7-10-8-5-3-4-6-9(8)11(14)19-10/h3-6,10-11H,7H2,1-2H3/t10-,11-/m0/s1. The molecule has 0 spiro atoms. The number of fused-ring (bicyclic) bond motifs is 5. The number of hydrogen-bond acceptors (Lipinski definition) is 5. The van der Waals surface area contributed by atoms with E-state index in [0.29, 0.717) is 0 Å². The van der Waals surface area contributed by atoms with Gasteiger partial charge >= 0.3 is 11.9 Å². The molecule has 2 bridgehead atoms. The van der Waals surface area contributed by atoms with Gasteiger partial charge in [-0.3, -0.25) is 9.59 Å². The SMILES string of the molecule is COC(=O)C1(C(=O)OC)C[C@@H]2O[C@H]1c1ccccc12. The Morgan fingerprint density at radius 3 is 2.32 bits per heavy atom. The van der Waals surface area contributed by atoms with Crippen LogP contribution >= 0.6 is 0 Å². The van der Waals surface area contributed by atoms with Crippen molar-refractivity contribution >= 4 is 11.9 Å². The van der Waals surface area contributed by atoms with E-state index in [2.05, 4.69) is 0 Å². The van der Waals surface area contributed by atoms with Crippen LogP contribution in [0, 0.1) is 5.41 Å². The number of benzene rings is 1. The molecule has 0 aliphatic carbocycles. The minimum Gasteiger partial charge on any atom is -0.468 e. The summed E-state index contributed by atoms with van der Waals surface area (Å²) in [6.45, 7) is 0. The number of methoxy groups -OCH3 is 2. The molecule has 5 heteroatoms. The zero-order chi connectivity index (χ0) is 13.6. The van der Waals surface area contributed by atoms with Crippen molar-refractivity contribution in [3.8, 4) is 0 Å². The molecule has 2 heterocycles. The van der Waals surface area contributed by atoms with Crippen LogP contribution in [0.15, 0.2) is 24.3 Å². The zero-order valence-electron chi connectivity index (χ0n) is 10.7. The van der Waals surface area contributed by atoms with Crippen LogP contribution in [0.2, 0.25) is 0 Å². The van der Waals surface area contributed by atoms with Crippen LogP contribution < -0.4 is 0 Å². The van der Waals surface area contributed by atoms with Crippen LogP contribution in [0.5, 0.6) is 0 Å². The summed E-state index contributed by atoms with van der Waals surface area (Å²) in [6, 6.07) is 7.61. The first-order valence-electron chi connectivity index (χ1n) is 6.06. The number of esters is 2. The van der Waals surface area contributed by atoms with Crippen molar-refractivity contribution < 1.29 is 23.8 Å². The van der Waals surface area contributed by atoms with Gasteiger partial charge in [0.25, 0.3) is 0 Å². The second-order valence-electron chi connectivity index (χ2n) is 4.79. The maximum atomic E-state index is 12.1. The largest absolute Gasteiger partial charge is 0.468 e. The highest BCUT2D eigenvalue weighted by Gasteiger charge is 2.65. The summed E-state index contributed by atoms with van der Waals surface area (Å²) in [5, 5.41) is 0. The van der Waals surface area contributed by atoms with Gasteiger partial charge in [0.15, 0.2) is 5.41 Å². The molecule has 100 valence electrons. The van der Waals surface area contributed by atoms with Gasteiger partial charge in [0.2, 0.25) is 0 Å². The lowest BCUT2D eigenvalue weighted by atomic mass is 9.71. The van der Waals surface area contributed by atoms with Gasteiger partial charge in [-0.1, -0.05) is 24.3 Å². The number of rotatable bonds is 2. The lowest BCUT2D eigenvalue weighted by Gasteiger charge is -2.30. The Morgan fingerprint density at radius 2 is 1.74 bits per heavy atom. The molecule has 0 saturated carbocycles. The molecule has 2 atom stereocenters. The molecular formula is C14H14O5. The Bertz CT molecular complexity index is 535. The van der Waals surface area contributed by atoms with E-state index in [1.807, 2.05) is 24.3 Å². The zero-order valence-corrected chi connectivity index (χ0v) is 10.7. The van der Waals surface area contributed by atoms with E-state index in [1.165, 1.54) is 14.2 Å². The summed E-state index contributed by atoms with van der Waals surface area (Å²) in [6.07, 6.45) is -0.596. The third-order valence-corrected chi connectivity index (χ3v) is 3.98. The van der Waals surface area contributed by atoms with E-state index in [-0.39, 0.29) is 12.5 Å². The lowest BCUT2D eigenvalue weighted by Crippen LogP contribution is -2.44. The van der Waals surface area contributed by atoms with E-state index < -0.39 is 23.5 Å². The van der Waals surface area contributed by atoms with Crippen LogP contribution in [-0.4, -0.2) is 26.2 Å². The Hall–Kier alpha value is -1.88. The number of carbonyl (C=O) groups excluding carboxylic acids is 2. The van der Waals surface area contributed by atoms with Gasteiger partial charge in [-0.25, -0.2) is 0 Å². The van der Waals surface area contributed by atoms with Crippen LogP contribution in [0.3, 0.4) is 0 Å². The van der Waals surface area contributed by atoms with Crippen LogP contribution in [-0.2, 0) is 23.8 Å². The first-order valence-corrected chi connectivity index (χ1v) is 6.06. The van der Waals surface area contributed by atoms with Crippen molar-refractivity contribution in [2.45, 2.75) is 18.6 Å². The third-order valence-electron chi connectivity index (χ3n) is 3.98. The van der Waals surface area contributed by atoms with Crippen molar-refractivity contribution in [1.29, 1.82) is 0 Å². The highest BCUT2D eigenvalue weighted by molar-refractivity contribution is 6.02. The van der Waals surface area contributed by atoms with Gasteiger partial charge in [-0.05, 0) is 11.1 Å². The highest BCUT2D eigenvalue weighted by atomic mass is 16.6. The second kappa shape index (κ2) is 4.06. The molecule has 5 nitrogen and oxygen atoms in total. The van der Waals surface area contributed by atoms with E-state index in [9.17, 15) is 9.59 Å². The summed E-state index contributed by atoms with van der Waals surface area (Å²) in [7, 11) is 2.54. The Balaban J connectivity index is 2.12. The van der Waals surface area contributed by atoms with Gasteiger partial charge in [-0.15, -0.1) is 0 Å². The first-order chi connectivity index (χ1) is 9.15. The van der Waals surface area contributed by atoms with E-state index in [1.54, 1.807) is 0 Å². The summed E-state index contributed by atoms with van der Waals surface area (Å²) >= 11 is 0. The highest BCUT2D eigenvalue weighted by Crippen LogP contribution is 2.61. The quantitative estimate of drug-likeness (QED) is 0.597. The molecule has 0 N–H and O–H groups in total. The molecule has 1 saturated heterocycles. The number of carbonyl (C=O) groups is 2. The minimum absolute atomic E-state index is 0.251. The van der Waals surface area contributed by atoms with Crippen LogP contribution in [0.25, 0.3) is 0 Å². The molecule has 0 unspecified atom stereocenters. The van der Waals surface area contributed by atoms with Crippen molar-refractivity contribution in [2.24, 2.45) is 5.41 Å². The van der Waals surface area contributed by atoms with Crippen LogP contribution in [0.4, 0.5) is 0 Å². The van der Waals surface area contributed by atoms with Gasteiger partial charge in [-0.2, -0.15) is 0 Å². The molecule has 0 amide bonds. The maximum Gasteiger partial charge on any atom is 0.326 e. The molecule has 19 heavy (non-hydrogen) atoms. The fourth-order valence-corrected chi connectivity index (χ4v) is 3.12. The average Bonchev–Trinajstić information content (AvgIpc) is 3.03. The summed E-state index contributed by atoms with van der Waals surface area (Å²) in [4.78, 5) is 24.3. The van der Waals surface area contributed by atoms with Crippen molar-refractivity contribution in [3.05, 3.63) is 35.4 Å². The normalized spacial score (nSPS) is 25.8. The number of hydrogen-bond donors (Lipinski definition) is 0. The summed E-state index contributed by atoms with van der Waals surface area (Å²) in [5.41, 5.74) is 0.535.